The van der Waals surface area contributed by atoms with Gasteiger partial charge in [-0.2, -0.15) is 0 Å². The zero-order chi connectivity index (χ0) is 16.8. The molecule has 0 aromatic heterocycles. The Morgan fingerprint density at radius 1 is 1.26 bits per heavy atom. The molecule has 2 N–H and O–H groups in total. The van der Waals surface area contributed by atoms with Crippen molar-refractivity contribution in [1.29, 1.82) is 0 Å². The number of esters is 1. The number of rotatable bonds is 5. The van der Waals surface area contributed by atoms with E-state index in [0.717, 1.165) is 8.47 Å². The second-order valence-electron chi connectivity index (χ2n) is 4.49. The summed E-state index contributed by atoms with van der Waals surface area (Å²) in [4.78, 5) is 24.8. The number of ether oxygens (including phenoxy) is 1. The third-order valence-corrected chi connectivity index (χ3v) is 4.36. The van der Waals surface area contributed by atoms with Crippen molar-refractivity contribution in [2.45, 2.75) is 4.90 Å². The normalized spacial score (nSPS) is 10.2. The van der Waals surface area contributed by atoms with E-state index >= 15 is 0 Å². The predicted molar refractivity (Wildman–Crippen MR) is 98.0 cm³/mol. The fraction of sp³-hybridized carbons (Fsp3) is 0.125. The van der Waals surface area contributed by atoms with Crippen LogP contribution in [-0.2, 0) is 9.53 Å². The van der Waals surface area contributed by atoms with Crippen LogP contribution in [0.1, 0.15) is 10.4 Å². The van der Waals surface area contributed by atoms with Gasteiger partial charge in [0, 0.05) is 8.47 Å². The van der Waals surface area contributed by atoms with Crippen molar-refractivity contribution >= 4 is 51.9 Å². The predicted octanol–water partition coefficient (Wildman–Crippen LogP) is 3.51. The number of benzene rings is 2. The average molecular weight is 443 g/mol. The van der Waals surface area contributed by atoms with E-state index in [-0.39, 0.29) is 11.3 Å². The Kier molecular flexibility index (Phi) is 6.28. The van der Waals surface area contributed by atoms with E-state index in [1.165, 1.54) is 23.9 Å². The van der Waals surface area contributed by atoms with Gasteiger partial charge >= 0.3 is 5.97 Å². The Balaban J connectivity index is 1.96. The highest BCUT2D eigenvalue weighted by Gasteiger charge is 2.15. The third-order valence-electron chi connectivity index (χ3n) is 2.89. The average Bonchev–Trinajstić information content (AvgIpc) is 2.55. The van der Waals surface area contributed by atoms with Crippen molar-refractivity contribution in [3.63, 3.8) is 0 Å². The van der Waals surface area contributed by atoms with E-state index in [2.05, 4.69) is 5.32 Å². The number of aromatic hydroxyl groups is 1. The number of hydrogen-bond acceptors (Lipinski definition) is 5. The molecule has 0 aliphatic carbocycles. The molecule has 0 fully saturated rings. The van der Waals surface area contributed by atoms with Crippen LogP contribution in [-0.4, -0.2) is 29.8 Å². The summed E-state index contributed by atoms with van der Waals surface area (Å²) < 4.78 is 5.73. The van der Waals surface area contributed by atoms with Crippen LogP contribution in [0.2, 0.25) is 0 Å². The molecule has 0 spiro atoms. The molecule has 2 aromatic carbocycles. The van der Waals surface area contributed by atoms with Gasteiger partial charge in [0.2, 0.25) is 0 Å². The number of carbonyl (C=O) groups excluding carboxylic acids is 2. The molecular formula is C16H14INO4S. The Bertz CT molecular complexity index is 736. The van der Waals surface area contributed by atoms with Gasteiger partial charge in [-0.15, -0.1) is 11.8 Å². The highest BCUT2D eigenvalue weighted by Crippen LogP contribution is 2.24. The lowest BCUT2D eigenvalue weighted by Crippen LogP contribution is -2.21. The van der Waals surface area contributed by atoms with Gasteiger partial charge in [-0.1, -0.05) is 12.1 Å². The first kappa shape index (κ1) is 17.6. The standard InChI is InChI=1S/C16H14INO4S/c1-23-14-5-3-2-4-12(14)18-15(20)9-22-16(21)11-8-10(17)6-7-13(11)19/h2-8,19H,9H2,1H3,(H,18,20). The van der Waals surface area contributed by atoms with Crippen molar-refractivity contribution < 1.29 is 19.4 Å². The minimum Gasteiger partial charge on any atom is -0.507 e. The lowest BCUT2D eigenvalue weighted by atomic mass is 10.2. The van der Waals surface area contributed by atoms with E-state index in [1.54, 1.807) is 12.1 Å². The van der Waals surface area contributed by atoms with Crippen LogP contribution in [0.3, 0.4) is 0 Å². The summed E-state index contributed by atoms with van der Waals surface area (Å²) in [6.07, 6.45) is 1.91. The van der Waals surface area contributed by atoms with E-state index < -0.39 is 18.5 Å². The van der Waals surface area contributed by atoms with Crippen LogP contribution < -0.4 is 5.32 Å². The highest BCUT2D eigenvalue weighted by molar-refractivity contribution is 14.1. The lowest BCUT2D eigenvalue weighted by Gasteiger charge is -2.10. The van der Waals surface area contributed by atoms with Gasteiger partial charge < -0.3 is 15.2 Å². The number of carbonyl (C=O) groups is 2. The number of hydrogen-bond donors (Lipinski definition) is 2. The third kappa shape index (κ3) is 4.87. The van der Waals surface area contributed by atoms with Crippen molar-refractivity contribution in [3.05, 3.63) is 51.6 Å². The maximum Gasteiger partial charge on any atom is 0.342 e. The number of amides is 1. The first-order valence-corrected chi connectivity index (χ1v) is 8.90. The summed E-state index contributed by atoms with van der Waals surface area (Å²) in [5.74, 6) is -1.36. The molecule has 0 radical (unpaired) electrons. The molecule has 0 aliphatic rings. The quantitative estimate of drug-likeness (QED) is 0.420. The van der Waals surface area contributed by atoms with Gasteiger partial charge in [-0.3, -0.25) is 4.79 Å². The van der Waals surface area contributed by atoms with Gasteiger partial charge in [-0.25, -0.2) is 4.79 Å². The van der Waals surface area contributed by atoms with Crippen LogP contribution in [0, 0.1) is 3.57 Å². The molecule has 0 heterocycles. The number of phenols is 1. The molecule has 0 aliphatic heterocycles. The number of para-hydroxylation sites is 1. The van der Waals surface area contributed by atoms with Gasteiger partial charge in [0.1, 0.15) is 11.3 Å². The molecule has 0 bridgehead atoms. The Morgan fingerprint density at radius 2 is 2.00 bits per heavy atom. The maximum atomic E-state index is 11.9. The molecule has 0 saturated carbocycles. The number of thioether (sulfide) groups is 1. The summed E-state index contributed by atoms with van der Waals surface area (Å²) in [5, 5.41) is 12.4. The van der Waals surface area contributed by atoms with Gasteiger partial charge in [0.15, 0.2) is 6.61 Å². The molecular weight excluding hydrogens is 429 g/mol. The molecule has 2 aromatic rings. The number of halogens is 1. The zero-order valence-electron chi connectivity index (χ0n) is 12.2. The second-order valence-corrected chi connectivity index (χ2v) is 6.58. The van der Waals surface area contributed by atoms with E-state index in [4.69, 9.17) is 4.74 Å². The zero-order valence-corrected chi connectivity index (χ0v) is 15.2. The fourth-order valence-electron chi connectivity index (χ4n) is 1.81. The molecule has 5 nitrogen and oxygen atoms in total. The first-order valence-electron chi connectivity index (χ1n) is 6.59. The summed E-state index contributed by atoms with van der Waals surface area (Å²) in [7, 11) is 0. The molecule has 0 atom stereocenters. The van der Waals surface area contributed by atoms with Gasteiger partial charge in [0.25, 0.3) is 5.91 Å². The second kappa shape index (κ2) is 8.21. The molecule has 0 unspecified atom stereocenters. The number of phenolic OH excluding ortho intramolecular Hbond substituents is 1. The fourth-order valence-corrected chi connectivity index (χ4v) is 2.86. The largest absolute Gasteiger partial charge is 0.507 e. The molecule has 2 rings (SSSR count). The van der Waals surface area contributed by atoms with Crippen LogP contribution in [0.4, 0.5) is 5.69 Å². The smallest absolute Gasteiger partial charge is 0.342 e. The summed E-state index contributed by atoms with van der Waals surface area (Å²) in [5.41, 5.74) is 0.701. The monoisotopic (exact) mass is 443 g/mol. The van der Waals surface area contributed by atoms with Gasteiger partial charge in [-0.05, 0) is 59.2 Å². The molecule has 7 heteroatoms. The van der Waals surface area contributed by atoms with E-state index in [1.807, 2.05) is 47.0 Å². The molecule has 1 amide bonds. The van der Waals surface area contributed by atoms with Crippen molar-refractivity contribution in [3.8, 4) is 5.75 Å². The Morgan fingerprint density at radius 3 is 2.74 bits per heavy atom. The van der Waals surface area contributed by atoms with Crippen LogP contribution >= 0.6 is 34.4 Å². The summed E-state index contributed by atoms with van der Waals surface area (Å²) in [6, 6.07) is 11.9. The lowest BCUT2D eigenvalue weighted by molar-refractivity contribution is -0.119. The van der Waals surface area contributed by atoms with Crippen LogP contribution in [0.5, 0.6) is 5.75 Å². The summed E-state index contributed by atoms with van der Waals surface area (Å²) in [6.45, 7) is -0.424. The molecule has 23 heavy (non-hydrogen) atoms. The Labute approximate surface area is 151 Å². The molecule has 120 valence electrons. The number of nitrogens with one attached hydrogen (secondary N) is 1. The minimum absolute atomic E-state index is 0.0363. The van der Waals surface area contributed by atoms with E-state index in [9.17, 15) is 14.7 Å². The van der Waals surface area contributed by atoms with E-state index in [0.29, 0.717) is 5.69 Å². The topological polar surface area (TPSA) is 75.6 Å². The van der Waals surface area contributed by atoms with Crippen LogP contribution in [0.25, 0.3) is 0 Å². The maximum absolute atomic E-state index is 11.9. The number of anilines is 1. The van der Waals surface area contributed by atoms with Gasteiger partial charge in [0.05, 0.1) is 5.69 Å². The van der Waals surface area contributed by atoms with Crippen LogP contribution in [0.15, 0.2) is 47.4 Å². The Hall–Kier alpha value is -1.74. The van der Waals surface area contributed by atoms with Crippen molar-refractivity contribution in [2.75, 3.05) is 18.2 Å². The molecule has 0 saturated heterocycles. The van der Waals surface area contributed by atoms with Crippen molar-refractivity contribution in [1.82, 2.24) is 0 Å². The summed E-state index contributed by atoms with van der Waals surface area (Å²) >= 11 is 3.53. The first-order chi connectivity index (χ1) is 11.0. The van der Waals surface area contributed by atoms with Crippen molar-refractivity contribution in [2.24, 2.45) is 0 Å². The SMILES string of the molecule is CSc1ccccc1NC(=O)COC(=O)c1cc(I)ccc1O. The highest BCUT2D eigenvalue weighted by atomic mass is 127. The minimum atomic E-state index is -0.741.